The van der Waals surface area contributed by atoms with Crippen molar-refractivity contribution < 1.29 is 14.3 Å². The van der Waals surface area contributed by atoms with E-state index in [1.807, 2.05) is 0 Å². The van der Waals surface area contributed by atoms with Crippen LogP contribution >= 0.6 is 11.3 Å². The second kappa shape index (κ2) is 6.89. The first-order valence-electron chi connectivity index (χ1n) is 6.22. The number of ether oxygens (including phenoxy) is 2. The molecule has 0 atom stereocenters. The number of nitrogens with zero attached hydrogens (tertiary/aromatic N) is 2. The number of hydrogen-bond acceptors (Lipinski definition) is 7. The summed E-state index contributed by atoms with van der Waals surface area (Å²) < 4.78 is 10.4. The van der Waals surface area contributed by atoms with Crippen molar-refractivity contribution in [3.05, 3.63) is 28.8 Å². The molecule has 0 spiro atoms. The molecule has 21 heavy (non-hydrogen) atoms. The van der Waals surface area contributed by atoms with Crippen LogP contribution in [0.2, 0.25) is 0 Å². The van der Waals surface area contributed by atoms with Crippen molar-refractivity contribution >= 4 is 22.4 Å². The number of benzene rings is 1. The van der Waals surface area contributed by atoms with E-state index in [2.05, 4.69) is 15.5 Å². The van der Waals surface area contributed by atoms with Gasteiger partial charge in [0, 0.05) is 13.0 Å². The maximum atomic E-state index is 12.3. The van der Waals surface area contributed by atoms with Crippen LogP contribution in [0.15, 0.2) is 18.2 Å². The van der Waals surface area contributed by atoms with E-state index in [0.29, 0.717) is 35.2 Å². The molecule has 0 aliphatic carbocycles. The standard InChI is InChI=1S/C13H16N4O3S/c1-19-8-4-3-5-9(20-2)11(8)12(18)15-7-6-10-16-17-13(14)21-10/h3-5H,6-7H2,1-2H3,(H2,14,17)(H,15,18). The molecular formula is C13H16N4O3S. The van der Waals surface area contributed by atoms with Gasteiger partial charge in [0.15, 0.2) is 0 Å². The van der Waals surface area contributed by atoms with Crippen molar-refractivity contribution in [2.45, 2.75) is 6.42 Å². The van der Waals surface area contributed by atoms with Crippen molar-refractivity contribution in [2.24, 2.45) is 0 Å². The number of rotatable bonds is 6. The minimum absolute atomic E-state index is 0.262. The minimum atomic E-state index is -0.262. The maximum Gasteiger partial charge on any atom is 0.258 e. The summed E-state index contributed by atoms with van der Waals surface area (Å²) in [5, 5.41) is 11.6. The van der Waals surface area contributed by atoms with Crippen LogP contribution in [0.1, 0.15) is 15.4 Å². The van der Waals surface area contributed by atoms with Gasteiger partial charge in [-0.15, -0.1) is 10.2 Å². The first kappa shape index (κ1) is 15.0. The van der Waals surface area contributed by atoms with Crippen molar-refractivity contribution in [3.8, 4) is 11.5 Å². The lowest BCUT2D eigenvalue weighted by Gasteiger charge is -2.12. The fourth-order valence-corrected chi connectivity index (χ4v) is 2.42. The molecule has 0 saturated carbocycles. The van der Waals surface area contributed by atoms with E-state index in [9.17, 15) is 4.79 Å². The third-order valence-corrected chi connectivity index (χ3v) is 3.57. The molecule has 7 nitrogen and oxygen atoms in total. The number of nitrogen functional groups attached to an aromatic ring is 1. The molecule has 0 radical (unpaired) electrons. The lowest BCUT2D eigenvalue weighted by molar-refractivity contribution is 0.0948. The van der Waals surface area contributed by atoms with Gasteiger partial charge in [0.05, 0.1) is 14.2 Å². The predicted molar refractivity (Wildman–Crippen MR) is 79.9 cm³/mol. The normalized spacial score (nSPS) is 10.2. The van der Waals surface area contributed by atoms with Crippen LogP contribution < -0.4 is 20.5 Å². The molecule has 3 N–H and O–H groups in total. The van der Waals surface area contributed by atoms with Gasteiger partial charge in [0.1, 0.15) is 22.1 Å². The average Bonchev–Trinajstić information content (AvgIpc) is 2.91. The third-order valence-electron chi connectivity index (χ3n) is 2.76. The van der Waals surface area contributed by atoms with E-state index in [-0.39, 0.29) is 5.91 Å². The van der Waals surface area contributed by atoms with Gasteiger partial charge in [-0.3, -0.25) is 4.79 Å². The largest absolute Gasteiger partial charge is 0.496 e. The number of carbonyl (C=O) groups excluding carboxylic acids is 1. The van der Waals surface area contributed by atoms with Gasteiger partial charge in [-0.2, -0.15) is 0 Å². The summed E-state index contributed by atoms with van der Waals surface area (Å²) in [4.78, 5) is 12.3. The fourth-order valence-electron chi connectivity index (χ4n) is 1.81. The molecule has 0 saturated heterocycles. The summed E-state index contributed by atoms with van der Waals surface area (Å²) >= 11 is 1.31. The smallest absolute Gasteiger partial charge is 0.258 e. The van der Waals surface area contributed by atoms with E-state index in [1.165, 1.54) is 25.6 Å². The molecule has 8 heteroatoms. The molecule has 1 aromatic carbocycles. The van der Waals surface area contributed by atoms with Crippen LogP contribution in [-0.4, -0.2) is 36.9 Å². The van der Waals surface area contributed by atoms with Gasteiger partial charge in [-0.05, 0) is 12.1 Å². The van der Waals surface area contributed by atoms with Gasteiger partial charge in [0.2, 0.25) is 5.13 Å². The second-order valence-corrected chi connectivity index (χ2v) is 5.17. The Morgan fingerprint density at radius 1 is 1.29 bits per heavy atom. The first-order chi connectivity index (χ1) is 10.2. The summed E-state index contributed by atoms with van der Waals surface area (Å²) in [5.41, 5.74) is 5.88. The highest BCUT2D eigenvalue weighted by molar-refractivity contribution is 7.15. The fraction of sp³-hybridized carbons (Fsp3) is 0.308. The van der Waals surface area contributed by atoms with Crippen LogP contribution in [-0.2, 0) is 6.42 Å². The lowest BCUT2D eigenvalue weighted by Crippen LogP contribution is -2.26. The molecule has 0 aliphatic heterocycles. The molecule has 1 heterocycles. The Morgan fingerprint density at radius 3 is 2.48 bits per heavy atom. The molecule has 1 aromatic heterocycles. The first-order valence-corrected chi connectivity index (χ1v) is 7.04. The average molecular weight is 308 g/mol. The number of methoxy groups -OCH3 is 2. The van der Waals surface area contributed by atoms with E-state index in [4.69, 9.17) is 15.2 Å². The van der Waals surface area contributed by atoms with Crippen LogP contribution in [0, 0.1) is 0 Å². The van der Waals surface area contributed by atoms with E-state index < -0.39 is 0 Å². The predicted octanol–water partition coefficient (Wildman–Crippen LogP) is 1.11. The number of amides is 1. The maximum absolute atomic E-state index is 12.3. The number of carbonyl (C=O) groups is 1. The van der Waals surface area contributed by atoms with Crippen molar-refractivity contribution in [2.75, 3.05) is 26.5 Å². The molecule has 2 aromatic rings. The lowest BCUT2D eigenvalue weighted by atomic mass is 10.1. The topological polar surface area (TPSA) is 99.4 Å². The van der Waals surface area contributed by atoms with Crippen molar-refractivity contribution in [3.63, 3.8) is 0 Å². The van der Waals surface area contributed by atoms with Crippen molar-refractivity contribution in [1.29, 1.82) is 0 Å². The highest BCUT2D eigenvalue weighted by Gasteiger charge is 2.17. The molecule has 1 amide bonds. The second-order valence-electron chi connectivity index (χ2n) is 4.08. The van der Waals surface area contributed by atoms with Crippen LogP contribution in [0.25, 0.3) is 0 Å². The molecule has 0 bridgehead atoms. The van der Waals surface area contributed by atoms with Gasteiger partial charge >= 0.3 is 0 Å². The zero-order chi connectivity index (χ0) is 15.2. The van der Waals surface area contributed by atoms with Gasteiger partial charge in [-0.25, -0.2) is 0 Å². The molecule has 0 unspecified atom stereocenters. The van der Waals surface area contributed by atoms with E-state index in [0.717, 1.165) is 5.01 Å². The molecule has 0 aliphatic rings. The Morgan fingerprint density at radius 2 is 1.95 bits per heavy atom. The van der Waals surface area contributed by atoms with E-state index in [1.54, 1.807) is 18.2 Å². The Labute approximate surface area is 126 Å². The van der Waals surface area contributed by atoms with Crippen LogP contribution in [0.3, 0.4) is 0 Å². The zero-order valence-electron chi connectivity index (χ0n) is 11.8. The SMILES string of the molecule is COc1cccc(OC)c1C(=O)NCCc1nnc(N)s1. The number of anilines is 1. The Balaban J connectivity index is 2.03. The summed E-state index contributed by atoms with van der Waals surface area (Å²) in [6.07, 6.45) is 0.568. The zero-order valence-corrected chi connectivity index (χ0v) is 12.6. The van der Waals surface area contributed by atoms with E-state index >= 15 is 0 Å². The number of aromatic nitrogens is 2. The minimum Gasteiger partial charge on any atom is -0.496 e. The van der Waals surface area contributed by atoms with Crippen LogP contribution in [0.5, 0.6) is 11.5 Å². The molecule has 112 valence electrons. The number of hydrogen-bond donors (Lipinski definition) is 2. The monoisotopic (exact) mass is 308 g/mol. The highest BCUT2D eigenvalue weighted by Crippen LogP contribution is 2.27. The van der Waals surface area contributed by atoms with Crippen molar-refractivity contribution in [1.82, 2.24) is 15.5 Å². The summed E-state index contributed by atoms with van der Waals surface area (Å²) in [6, 6.07) is 5.18. The summed E-state index contributed by atoms with van der Waals surface area (Å²) in [5.74, 6) is 0.667. The van der Waals surface area contributed by atoms with Gasteiger partial charge < -0.3 is 20.5 Å². The molecular weight excluding hydrogens is 292 g/mol. The number of nitrogens with two attached hydrogens (primary N) is 1. The van der Waals surface area contributed by atoms with Gasteiger partial charge in [-0.1, -0.05) is 17.4 Å². The Kier molecular flexibility index (Phi) is 4.94. The van der Waals surface area contributed by atoms with Gasteiger partial charge in [0.25, 0.3) is 5.91 Å². The van der Waals surface area contributed by atoms with Crippen LogP contribution in [0.4, 0.5) is 5.13 Å². The highest BCUT2D eigenvalue weighted by atomic mass is 32.1. The number of nitrogens with one attached hydrogen (secondary N) is 1. The Bertz CT molecular complexity index is 607. The summed E-state index contributed by atoms with van der Waals surface area (Å²) in [7, 11) is 3.02. The molecule has 0 fully saturated rings. The quantitative estimate of drug-likeness (QED) is 0.829. The molecule has 2 rings (SSSR count). The third kappa shape index (κ3) is 3.60. The Hall–Kier alpha value is -2.35. The summed E-state index contributed by atoms with van der Waals surface area (Å²) in [6.45, 7) is 0.425.